The van der Waals surface area contributed by atoms with Crippen LogP contribution >= 0.6 is 0 Å². The zero-order chi connectivity index (χ0) is 10.7. The van der Waals surface area contributed by atoms with Gasteiger partial charge in [-0.05, 0) is 28.3 Å². The molecule has 0 heterocycles. The molecule has 0 aromatic heterocycles. The van der Waals surface area contributed by atoms with Gasteiger partial charge >= 0.3 is 0 Å². The van der Waals surface area contributed by atoms with Gasteiger partial charge in [-0.3, -0.25) is 0 Å². The fourth-order valence-corrected chi connectivity index (χ4v) is 1.79. The molecule has 2 aromatic carbocycles. The second kappa shape index (κ2) is 4.26. The van der Waals surface area contributed by atoms with Crippen LogP contribution in [0.2, 0.25) is 0 Å². The molecule has 0 saturated heterocycles. The van der Waals surface area contributed by atoms with E-state index in [1.165, 1.54) is 16.3 Å². The molecule has 76 valence electrons. The first-order valence-electron chi connectivity index (χ1n) is 5.28. The van der Waals surface area contributed by atoms with Crippen LogP contribution in [0.1, 0.15) is 18.1 Å². The van der Waals surface area contributed by atoms with Gasteiger partial charge in [0.1, 0.15) is 6.29 Å². The molecule has 15 heavy (non-hydrogen) atoms. The number of carbonyl (C=O) groups is 1. The second-order valence-corrected chi connectivity index (χ2v) is 3.74. The fourth-order valence-electron chi connectivity index (χ4n) is 1.79. The number of carbonyl (C=O) groups excluding carboxylic acids is 1. The maximum atomic E-state index is 10.4. The third-order valence-corrected chi connectivity index (χ3v) is 2.70. The van der Waals surface area contributed by atoms with Gasteiger partial charge in [0.05, 0.1) is 0 Å². The van der Waals surface area contributed by atoms with Gasteiger partial charge in [0, 0.05) is 6.42 Å². The summed E-state index contributed by atoms with van der Waals surface area (Å²) in [5.41, 5.74) is 2.43. The first-order chi connectivity index (χ1) is 7.33. The standard InChI is InChI=1S/C14H14O/c1-2-11-3-5-13-6-4-12(7-8-15)10-14(13)9-11/h3-6,8-10H,2,7H2,1H3. The van der Waals surface area contributed by atoms with E-state index in [4.69, 9.17) is 0 Å². The Morgan fingerprint density at radius 1 is 1.00 bits per heavy atom. The van der Waals surface area contributed by atoms with Crippen LogP contribution in [0.4, 0.5) is 0 Å². The van der Waals surface area contributed by atoms with Crippen molar-refractivity contribution in [2.24, 2.45) is 0 Å². The van der Waals surface area contributed by atoms with Crippen molar-refractivity contribution in [1.82, 2.24) is 0 Å². The van der Waals surface area contributed by atoms with E-state index in [0.29, 0.717) is 6.42 Å². The maximum absolute atomic E-state index is 10.4. The lowest BCUT2D eigenvalue weighted by molar-refractivity contribution is -0.107. The molecule has 0 amide bonds. The Balaban J connectivity index is 2.52. The van der Waals surface area contributed by atoms with Crippen LogP contribution in [-0.4, -0.2) is 6.29 Å². The van der Waals surface area contributed by atoms with Gasteiger partial charge in [-0.15, -0.1) is 0 Å². The lowest BCUT2D eigenvalue weighted by Gasteiger charge is -2.03. The molecule has 1 nitrogen and oxygen atoms in total. The minimum atomic E-state index is 0.506. The maximum Gasteiger partial charge on any atom is 0.124 e. The van der Waals surface area contributed by atoms with Gasteiger partial charge in [-0.2, -0.15) is 0 Å². The van der Waals surface area contributed by atoms with Crippen molar-refractivity contribution in [3.63, 3.8) is 0 Å². The van der Waals surface area contributed by atoms with E-state index in [2.05, 4.69) is 37.3 Å². The predicted molar refractivity (Wildman–Crippen MR) is 63.1 cm³/mol. The molecular formula is C14H14O. The van der Waals surface area contributed by atoms with Gasteiger partial charge in [0.2, 0.25) is 0 Å². The van der Waals surface area contributed by atoms with Crippen molar-refractivity contribution in [2.45, 2.75) is 19.8 Å². The number of aryl methyl sites for hydroxylation is 1. The highest BCUT2D eigenvalue weighted by Gasteiger charge is 1.97. The summed E-state index contributed by atoms with van der Waals surface area (Å²) in [4.78, 5) is 10.4. The molecule has 0 aliphatic rings. The van der Waals surface area contributed by atoms with Crippen LogP contribution in [0.15, 0.2) is 36.4 Å². The van der Waals surface area contributed by atoms with E-state index in [0.717, 1.165) is 18.3 Å². The van der Waals surface area contributed by atoms with E-state index in [9.17, 15) is 4.79 Å². The predicted octanol–water partition coefficient (Wildman–Crippen LogP) is 3.14. The largest absolute Gasteiger partial charge is 0.303 e. The first-order valence-corrected chi connectivity index (χ1v) is 5.28. The van der Waals surface area contributed by atoms with E-state index in [1.54, 1.807) is 0 Å². The zero-order valence-electron chi connectivity index (χ0n) is 8.86. The Kier molecular flexibility index (Phi) is 2.82. The summed E-state index contributed by atoms with van der Waals surface area (Å²) in [5.74, 6) is 0. The average Bonchev–Trinajstić information content (AvgIpc) is 2.28. The smallest absolute Gasteiger partial charge is 0.124 e. The van der Waals surface area contributed by atoms with Crippen molar-refractivity contribution in [2.75, 3.05) is 0 Å². The molecule has 1 heteroatoms. The molecule has 0 aliphatic heterocycles. The van der Waals surface area contributed by atoms with Crippen LogP contribution in [0.25, 0.3) is 10.8 Å². The quantitative estimate of drug-likeness (QED) is 0.692. The van der Waals surface area contributed by atoms with Gasteiger partial charge in [0.25, 0.3) is 0 Å². The van der Waals surface area contributed by atoms with Crippen LogP contribution in [-0.2, 0) is 17.6 Å². The van der Waals surface area contributed by atoms with Gasteiger partial charge in [0.15, 0.2) is 0 Å². The molecule has 0 saturated carbocycles. The minimum Gasteiger partial charge on any atom is -0.303 e. The van der Waals surface area contributed by atoms with Crippen LogP contribution < -0.4 is 0 Å². The second-order valence-electron chi connectivity index (χ2n) is 3.74. The first kappa shape index (κ1) is 9.91. The topological polar surface area (TPSA) is 17.1 Å². The van der Waals surface area contributed by atoms with Crippen molar-refractivity contribution in [1.29, 1.82) is 0 Å². The monoisotopic (exact) mass is 198 g/mol. The summed E-state index contributed by atoms with van der Waals surface area (Å²) in [7, 11) is 0. The number of benzene rings is 2. The molecule has 0 bridgehead atoms. The van der Waals surface area contributed by atoms with E-state index in [1.807, 2.05) is 6.07 Å². The van der Waals surface area contributed by atoms with Crippen molar-refractivity contribution in [3.8, 4) is 0 Å². The number of fused-ring (bicyclic) bond motifs is 1. The molecule has 0 unspecified atom stereocenters. The summed E-state index contributed by atoms with van der Waals surface area (Å²) in [6, 6.07) is 12.7. The molecular weight excluding hydrogens is 184 g/mol. The Morgan fingerprint density at radius 3 is 2.33 bits per heavy atom. The lowest BCUT2D eigenvalue weighted by atomic mass is 10.0. The molecule has 2 rings (SSSR count). The summed E-state index contributed by atoms with van der Waals surface area (Å²) < 4.78 is 0. The summed E-state index contributed by atoms with van der Waals surface area (Å²) >= 11 is 0. The van der Waals surface area contributed by atoms with Crippen molar-refractivity contribution in [3.05, 3.63) is 47.5 Å². The minimum absolute atomic E-state index is 0.506. The fraction of sp³-hybridized carbons (Fsp3) is 0.214. The molecule has 2 aromatic rings. The van der Waals surface area contributed by atoms with E-state index < -0.39 is 0 Å². The number of hydrogen-bond donors (Lipinski definition) is 0. The highest BCUT2D eigenvalue weighted by Crippen LogP contribution is 2.18. The lowest BCUT2D eigenvalue weighted by Crippen LogP contribution is -1.86. The Hall–Kier alpha value is -1.63. The van der Waals surface area contributed by atoms with Gasteiger partial charge in [-0.25, -0.2) is 0 Å². The van der Waals surface area contributed by atoms with Gasteiger partial charge < -0.3 is 4.79 Å². The van der Waals surface area contributed by atoms with E-state index >= 15 is 0 Å². The average molecular weight is 198 g/mol. The number of rotatable bonds is 3. The summed E-state index contributed by atoms with van der Waals surface area (Å²) in [6.07, 6.45) is 2.50. The van der Waals surface area contributed by atoms with E-state index in [-0.39, 0.29) is 0 Å². The molecule has 0 N–H and O–H groups in total. The molecule has 0 fully saturated rings. The Bertz CT molecular complexity index is 486. The Morgan fingerprint density at radius 2 is 1.67 bits per heavy atom. The third kappa shape index (κ3) is 2.07. The van der Waals surface area contributed by atoms with Crippen LogP contribution in [0.3, 0.4) is 0 Å². The zero-order valence-corrected chi connectivity index (χ0v) is 8.86. The number of aldehydes is 1. The summed E-state index contributed by atoms with van der Waals surface area (Å²) in [6.45, 7) is 2.15. The van der Waals surface area contributed by atoms with Crippen LogP contribution in [0, 0.1) is 0 Å². The molecule has 0 radical (unpaired) electrons. The molecule has 0 aliphatic carbocycles. The SMILES string of the molecule is CCc1ccc2ccc(CC=O)cc2c1. The third-order valence-electron chi connectivity index (χ3n) is 2.70. The van der Waals surface area contributed by atoms with Gasteiger partial charge in [-0.1, -0.05) is 43.3 Å². The van der Waals surface area contributed by atoms with Crippen molar-refractivity contribution < 1.29 is 4.79 Å². The number of hydrogen-bond acceptors (Lipinski definition) is 1. The highest BCUT2D eigenvalue weighted by molar-refractivity contribution is 5.84. The highest BCUT2D eigenvalue weighted by atomic mass is 16.1. The Labute approximate surface area is 89.7 Å². The van der Waals surface area contributed by atoms with Crippen LogP contribution in [0.5, 0.6) is 0 Å². The summed E-state index contributed by atoms with van der Waals surface area (Å²) in [5, 5.41) is 2.47. The molecule has 0 atom stereocenters. The van der Waals surface area contributed by atoms with Crippen molar-refractivity contribution >= 4 is 17.1 Å². The normalized spacial score (nSPS) is 10.5. The molecule has 0 spiro atoms.